The lowest BCUT2D eigenvalue weighted by Crippen LogP contribution is -2.25. The van der Waals surface area contributed by atoms with Crippen molar-refractivity contribution in [1.82, 2.24) is 15.8 Å². The number of hydrogen-bond acceptors (Lipinski definition) is 5. The predicted molar refractivity (Wildman–Crippen MR) is 87.0 cm³/mol. The van der Waals surface area contributed by atoms with Gasteiger partial charge in [0.05, 0.1) is 0 Å². The molecule has 0 aliphatic heterocycles. The molecule has 0 bridgehead atoms. The van der Waals surface area contributed by atoms with E-state index in [1.807, 2.05) is 12.1 Å². The number of aromatic nitrogens is 1. The van der Waals surface area contributed by atoms with Crippen molar-refractivity contribution in [2.75, 3.05) is 6.61 Å². The van der Waals surface area contributed by atoms with E-state index < -0.39 is 5.91 Å². The number of carbonyl (C=O) groups is 2. The molecule has 2 aromatic rings. The first kappa shape index (κ1) is 17.2. The van der Waals surface area contributed by atoms with Gasteiger partial charge in [-0.2, -0.15) is 0 Å². The first-order valence-electron chi connectivity index (χ1n) is 7.18. The van der Waals surface area contributed by atoms with Crippen LogP contribution >= 0.6 is 0 Å². The summed E-state index contributed by atoms with van der Waals surface area (Å²) in [6, 6.07) is 10.5. The van der Waals surface area contributed by atoms with E-state index in [0.29, 0.717) is 12.3 Å². The topological polar surface area (TPSA) is 101 Å². The maximum Gasteiger partial charge on any atom is 0.281 e. The summed E-state index contributed by atoms with van der Waals surface area (Å²) < 4.78 is 5.15. The molecule has 0 atom stereocenters. The van der Waals surface area contributed by atoms with Gasteiger partial charge in [0.2, 0.25) is 5.91 Å². The van der Waals surface area contributed by atoms with E-state index in [1.165, 1.54) is 11.6 Å². The van der Waals surface area contributed by atoms with Gasteiger partial charge in [-0.05, 0) is 35.4 Å². The predicted octanol–water partition coefficient (Wildman–Crippen LogP) is 1.30. The summed E-state index contributed by atoms with van der Waals surface area (Å²) in [6.07, 6.45) is 6.48. The minimum absolute atomic E-state index is 0.209. The lowest BCUT2D eigenvalue weighted by atomic mass is 10.2. The first-order chi connectivity index (χ1) is 11.7. The highest BCUT2D eigenvalue weighted by atomic mass is 16.5. The SMILES string of the molecule is O=C(/C=C/c1ccc(OCC(=O)NO)cc1)NCc1cccnc1. The molecule has 0 aliphatic rings. The second kappa shape index (κ2) is 9.06. The van der Waals surface area contributed by atoms with Gasteiger partial charge in [-0.1, -0.05) is 18.2 Å². The lowest BCUT2D eigenvalue weighted by molar-refractivity contribution is -0.131. The van der Waals surface area contributed by atoms with Gasteiger partial charge in [-0.3, -0.25) is 19.8 Å². The fraction of sp³-hybridized carbons (Fsp3) is 0.118. The Labute approximate surface area is 138 Å². The minimum atomic E-state index is -0.635. The summed E-state index contributed by atoms with van der Waals surface area (Å²) in [7, 11) is 0. The number of pyridine rings is 1. The smallest absolute Gasteiger partial charge is 0.281 e. The van der Waals surface area contributed by atoms with Crippen LogP contribution in [0.2, 0.25) is 0 Å². The number of nitrogens with zero attached hydrogens (tertiary/aromatic N) is 1. The number of rotatable bonds is 7. The molecule has 7 heteroatoms. The molecule has 0 fully saturated rings. The van der Waals surface area contributed by atoms with Crippen molar-refractivity contribution in [2.45, 2.75) is 6.54 Å². The Morgan fingerprint density at radius 1 is 1.21 bits per heavy atom. The fourth-order valence-corrected chi connectivity index (χ4v) is 1.78. The number of carbonyl (C=O) groups excluding carboxylic acids is 2. The Balaban J connectivity index is 1.80. The molecule has 1 aromatic carbocycles. The molecule has 0 aliphatic carbocycles. The van der Waals surface area contributed by atoms with Crippen LogP contribution in [-0.4, -0.2) is 28.6 Å². The van der Waals surface area contributed by atoms with Crippen molar-refractivity contribution in [1.29, 1.82) is 0 Å². The average Bonchev–Trinajstić information content (AvgIpc) is 2.64. The highest BCUT2D eigenvalue weighted by molar-refractivity contribution is 5.91. The average molecular weight is 327 g/mol. The zero-order chi connectivity index (χ0) is 17.2. The summed E-state index contributed by atoms with van der Waals surface area (Å²) in [4.78, 5) is 26.6. The summed E-state index contributed by atoms with van der Waals surface area (Å²) >= 11 is 0. The quantitative estimate of drug-likeness (QED) is 0.404. The van der Waals surface area contributed by atoms with Crippen LogP contribution in [0.3, 0.4) is 0 Å². The maximum absolute atomic E-state index is 11.8. The van der Waals surface area contributed by atoms with Crippen molar-refractivity contribution >= 4 is 17.9 Å². The van der Waals surface area contributed by atoms with E-state index in [-0.39, 0.29) is 12.5 Å². The van der Waals surface area contributed by atoms with Gasteiger partial charge in [-0.15, -0.1) is 0 Å². The maximum atomic E-state index is 11.8. The molecule has 24 heavy (non-hydrogen) atoms. The Kier molecular flexibility index (Phi) is 6.48. The van der Waals surface area contributed by atoms with E-state index in [1.54, 1.807) is 42.7 Å². The number of hydrogen-bond donors (Lipinski definition) is 3. The van der Waals surface area contributed by atoms with Crippen molar-refractivity contribution < 1.29 is 19.5 Å². The second-order valence-corrected chi connectivity index (χ2v) is 4.81. The largest absolute Gasteiger partial charge is 0.484 e. The van der Waals surface area contributed by atoms with Crippen LogP contribution in [0.4, 0.5) is 0 Å². The molecule has 0 saturated heterocycles. The summed E-state index contributed by atoms with van der Waals surface area (Å²) in [5.74, 6) is -0.361. The Hall–Kier alpha value is -3.19. The van der Waals surface area contributed by atoms with E-state index in [0.717, 1.165) is 11.1 Å². The van der Waals surface area contributed by atoms with Gasteiger partial charge in [0.25, 0.3) is 5.91 Å². The highest BCUT2D eigenvalue weighted by Gasteiger charge is 2.01. The summed E-state index contributed by atoms with van der Waals surface area (Å²) in [6.45, 7) is 0.138. The Bertz CT molecular complexity index is 700. The van der Waals surface area contributed by atoms with Crippen LogP contribution in [0.15, 0.2) is 54.9 Å². The molecule has 0 unspecified atom stereocenters. The van der Waals surface area contributed by atoms with Crippen LogP contribution in [0.5, 0.6) is 5.75 Å². The van der Waals surface area contributed by atoms with Crippen LogP contribution in [0.1, 0.15) is 11.1 Å². The zero-order valence-electron chi connectivity index (χ0n) is 12.8. The Morgan fingerprint density at radius 3 is 2.67 bits per heavy atom. The second-order valence-electron chi connectivity index (χ2n) is 4.81. The summed E-state index contributed by atoms with van der Waals surface area (Å²) in [5.41, 5.74) is 3.21. The highest BCUT2D eigenvalue weighted by Crippen LogP contribution is 2.13. The molecule has 0 saturated carbocycles. The van der Waals surface area contributed by atoms with Gasteiger partial charge in [0, 0.05) is 25.0 Å². The number of amides is 2. The van der Waals surface area contributed by atoms with Crippen LogP contribution in [-0.2, 0) is 16.1 Å². The molecule has 2 rings (SSSR count). The zero-order valence-corrected chi connectivity index (χ0v) is 12.8. The van der Waals surface area contributed by atoms with Crippen LogP contribution in [0.25, 0.3) is 6.08 Å². The third-order valence-electron chi connectivity index (χ3n) is 2.99. The lowest BCUT2D eigenvalue weighted by Gasteiger charge is -2.04. The van der Waals surface area contributed by atoms with Crippen LogP contribution in [0, 0.1) is 0 Å². The molecule has 2 amide bonds. The summed E-state index contributed by atoms with van der Waals surface area (Å²) in [5, 5.41) is 11.1. The van der Waals surface area contributed by atoms with Gasteiger partial charge in [0.1, 0.15) is 5.75 Å². The van der Waals surface area contributed by atoms with Gasteiger partial charge in [-0.25, -0.2) is 5.48 Å². The Morgan fingerprint density at radius 2 is 2.00 bits per heavy atom. The molecular formula is C17H17N3O4. The molecule has 1 aromatic heterocycles. The minimum Gasteiger partial charge on any atom is -0.484 e. The standard InChI is InChI=1S/C17H17N3O4/c21-16(19-11-14-2-1-9-18-10-14)8-5-13-3-6-15(7-4-13)24-12-17(22)20-23/h1-10,23H,11-12H2,(H,19,21)(H,20,22)/b8-5+. The third kappa shape index (κ3) is 5.90. The van der Waals surface area contributed by atoms with Gasteiger partial charge in [0.15, 0.2) is 6.61 Å². The molecule has 3 N–H and O–H groups in total. The molecule has 0 radical (unpaired) electrons. The first-order valence-corrected chi connectivity index (χ1v) is 7.18. The number of nitrogens with one attached hydrogen (secondary N) is 2. The molecule has 7 nitrogen and oxygen atoms in total. The van der Waals surface area contributed by atoms with Crippen LogP contribution < -0.4 is 15.5 Å². The van der Waals surface area contributed by atoms with Crippen molar-refractivity contribution in [2.24, 2.45) is 0 Å². The molecular weight excluding hydrogens is 310 g/mol. The fourth-order valence-electron chi connectivity index (χ4n) is 1.78. The van der Waals surface area contributed by atoms with Crippen molar-refractivity contribution in [3.05, 3.63) is 66.0 Å². The molecule has 0 spiro atoms. The van der Waals surface area contributed by atoms with Crippen molar-refractivity contribution in [3.8, 4) is 5.75 Å². The van der Waals surface area contributed by atoms with Gasteiger partial charge >= 0.3 is 0 Å². The molecule has 1 heterocycles. The van der Waals surface area contributed by atoms with E-state index in [2.05, 4.69) is 10.3 Å². The molecule has 124 valence electrons. The third-order valence-corrected chi connectivity index (χ3v) is 2.99. The van der Waals surface area contributed by atoms with Gasteiger partial charge < -0.3 is 10.1 Å². The van der Waals surface area contributed by atoms with Crippen molar-refractivity contribution in [3.63, 3.8) is 0 Å². The van der Waals surface area contributed by atoms with E-state index >= 15 is 0 Å². The number of benzene rings is 1. The number of ether oxygens (including phenoxy) is 1. The number of hydroxylamine groups is 1. The normalized spacial score (nSPS) is 10.4. The van der Waals surface area contributed by atoms with E-state index in [4.69, 9.17) is 9.94 Å². The van der Waals surface area contributed by atoms with E-state index in [9.17, 15) is 9.59 Å². The monoisotopic (exact) mass is 327 g/mol.